The third-order valence-electron chi connectivity index (χ3n) is 6.11. The Hall–Kier alpha value is -3.63. The average molecular weight is 528 g/mol. The minimum absolute atomic E-state index is 0.0102. The number of carboxylic acid groups (broad SMARTS) is 1. The molecule has 5 N–H and O–H groups in total. The van der Waals surface area contributed by atoms with Gasteiger partial charge < -0.3 is 26.0 Å². The van der Waals surface area contributed by atoms with Crippen LogP contribution >= 0.6 is 0 Å². The predicted molar refractivity (Wildman–Crippen MR) is 141 cm³/mol. The van der Waals surface area contributed by atoms with Crippen LogP contribution in [-0.2, 0) is 16.1 Å². The number of carbonyl (C=O) groups is 2. The van der Waals surface area contributed by atoms with Crippen molar-refractivity contribution in [2.75, 3.05) is 13.1 Å². The van der Waals surface area contributed by atoms with Crippen molar-refractivity contribution >= 4 is 11.9 Å². The standard InChI is InChI=1S/C28H35F2N5O3/c1-28(2,3)25(32-13-11-22(31)27(38)33-14-12-24(36)37)26-34-23(20-15-19(29)9-10-21(20)30)17-35(26)16-18-7-5-4-6-8-18/h4-10,15,17,22,25,32H,11-14,16,31H2,1-3H3,(H,33,38)(H,36,37)/t22-,25-/m0/s1. The van der Waals surface area contributed by atoms with Gasteiger partial charge in [0.2, 0.25) is 5.91 Å². The van der Waals surface area contributed by atoms with Gasteiger partial charge in [-0.3, -0.25) is 9.59 Å². The smallest absolute Gasteiger partial charge is 0.305 e. The minimum atomic E-state index is -1.00. The van der Waals surface area contributed by atoms with Crippen molar-refractivity contribution in [1.82, 2.24) is 20.2 Å². The van der Waals surface area contributed by atoms with Crippen molar-refractivity contribution in [1.29, 1.82) is 0 Å². The zero-order chi connectivity index (χ0) is 27.9. The second-order valence-electron chi connectivity index (χ2n) is 10.3. The van der Waals surface area contributed by atoms with E-state index >= 15 is 0 Å². The van der Waals surface area contributed by atoms with Gasteiger partial charge in [-0.1, -0.05) is 51.1 Å². The molecule has 0 spiro atoms. The number of nitrogens with two attached hydrogens (primary N) is 1. The molecule has 204 valence electrons. The zero-order valence-electron chi connectivity index (χ0n) is 21.9. The number of aromatic nitrogens is 2. The molecule has 3 rings (SSSR count). The van der Waals surface area contributed by atoms with Crippen LogP contribution in [0.25, 0.3) is 11.3 Å². The number of hydrogen-bond acceptors (Lipinski definition) is 5. The molecule has 1 aromatic heterocycles. The van der Waals surface area contributed by atoms with E-state index in [1.807, 2.05) is 55.7 Å². The summed E-state index contributed by atoms with van der Waals surface area (Å²) >= 11 is 0. The molecule has 0 fully saturated rings. The van der Waals surface area contributed by atoms with Crippen LogP contribution in [0.15, 0.2) is 54.7 Å². The molecule has 0 unspecified atom stereocenters. The molecule has 0 saturated heterocycles. The van der Waals surface area contributed by atoms with Crippen molar-refractivity contribution in [2.45, 2.75) is 52.2 Å². The van der Waals surface area contributed by atoms with Crippen molar-refractivity contribution in [3.63, 3.8) is 0 Å². The highest BCUT2D eigenvalue weighted by Crippen LogP contribution is 2.35. The average Bonchev–Trinajstić information content (AvgIpc) is 3.25. The van der Waals surface area contributed by atoms with E-state index in [1.165, 1.54) is 0 Å². The molecule has 0 radical (unpaired) electrons. The first-order valence-corrected chi connectivity index (χ1v) is 12.5. The lowest BCUT2D eigenvalue weighted by molar-refractivity contribution is -0.136. The van der Waals surface area contributed by atoms with Gasteiger partial charge >= 0.3 is 5.97 Å². The number of carbonyl (C=O) groups excluding carboxylic acids is 1. The fourth-order valence-corrected chi connectivity index (χ4v) is 4.11. The summed E-state index contributed by atoms with van der Waals surface area (Å²) in [4.78, 5) is 27.6. The van der Waals surface area contributed by atoms with Gasteiger partial charge in [0.15, 0.2) is 0 Å². The number of aliphatic carboxylic acids is 1. The first-order valence-electron chi connectivity index (χ1n) is 12.5. The van der Waals surface area contributed by atoms with E-state index < -0.39 is 29.6 Å². The molecule has 38 heavy (non-hydrogen) atoms. The van der Waals surface area contributed by atoms with Crippen LogP contribution in [0, 0.1) is 17.0 Å². The molecule has 8 nitrogen and oxygen atoms in total. The lowest BCUT2D eigenvalue weighted by atomic mass is 9.86. The molecule has 10 heteroatoms. The number of halogens is 2. The number of imidazole rings is 1. The van der Waals surface area contributed by atoms with E-state index in [0.717, 1.165) is 23.8 Å². The van der Waals surface area contributed by atoms with Crippen LogP contribution in [0.2, 0.25) is 0 Å². The Morgan fingerprint density at radius 1 is 1.11 bits per heavy atom. The highest BCUT2D eigenvalue weighted by atomic mass is 19.1. The quantitative estimate of drug-likeness (QED) is 0.284. The molecule has 0 aliphatic heterocycles. The Morgan fingerprint density at radius 3 is 2.47 bits per heavy atom. The van der Waals surface area contributed by atoms with Gasteiger partial charge in [0.05, 0.1) is 24.2 Å². The summed E-state index contributed by atoms with van der Waals surface area (Å²) in [6.45, 7) is 6.96. The monoisotopic (exact) mass is 527 g/mol. The molecule has 0 bridgehead atoms. The van der Waals surface area contributed by atoms with Crippen LogP contribution in [0.5, 0.6) is 0 Å². The van der Waals surface area contributed by atoms with E-state index in [0.29, 0.717) is 31.0 Å². The van der Waals surface area contributed by atoms with Gasteiger partial charge in [-0.15, -0.1) is 0 Å². The number of carboxylic acids is 1. The summed E-state index contributed by atoms with van der Waals surface area (Å²) in [5, 5.41) is 14.7. The summed E-state index contributed by atoms with van der Waals surface area (Å²) in [7, 11) is 0. The lowest BCUT2D eigenvalue weighted by Crippen LogP contribution is -2.44. The number of benzene rings is 2. The number of rotatable bonds is 12. The first kappa shape index (κ1) is 28.9. The van der Waals surface area contributed by atoms with Crippen molar-refractivity contribution in [3.05, 3.63) is 77.8 Å². The summed E-state index contributed by atoms with van der Waals surface area (Å²) in [6, 6.07) is 11.9. The van der Waals surface area contributed by atoms with Crippen LogP contribution in [0.4, 0.5) is 8.78 Å². The number of nitrogens with zero attached hydrogens (tertiary/aromatic N) is 2. The Morgan fingerprint density at radius 2 is 1.82 bits per heavy atom. The van der Waals surface area contributed by atoms with Crippen LogP contribution in [-0.4, -0.2) is 45.7 Å². The van der Waals surface area contributed by atoms with Crippen LogP contribution in [0.3, 0.4) is 0 Å². The SMILES string of the molecule is CC(C)(C)[C@@H](NCC[C@H](N)C(=O)NCCC(=O)O)c1nc(-c2cc(F)ccc2F)cn1Cc1ccccc1. The Kier molecular flexibility index (Phi) is 9.71. The molecule has 1 heterocycles. The molecular weight excluding hydrogens is 492 g/mol. The van der Waals surface area contributed by atoms with Gasteiger partial charge in [-0.2, -0.15) is 0 Å². The fraction of sp³-hybridized carbons (Fsp3) is 0.393. The third kappa shape index (κ3) is 7.93. The van der Waals surface area contributed by atoms with E-state index in [1.54, 1.807) is 6.20 Å². The number of amides is 1. The van der Waals surface area contributed by atoms with Crippen LogP contribution < -0.4 is 16.4 Å². The maximum Gasteiger partial charge on any atom is 0.305 e. The topological polar surface area (TPSA) is 122 Å². The second-order valence-corrected chi connectivity index (χ2v) is 10.3. The minimum Gasteiger partial charge on any atom is -0.481 e. The highest BCUT2D eigenvalue weighted by molar-refractivity contribution is 5.81. The van der Waals surface area contributed by atoms with Crippen molar-refractivity contribution in [2.24, 2.45) is 11.1 Å². The summed E-state index contributed by atoms with van der Waals surface area (Å²) in [5.74, 6) is -1.91. The zero-order valence-corrected chi connectivity index (χ0v) is 21.9. The van der Waals surface area contributed by atoms with Crippen LogP contribution in [0.1, 0.15) is 51.0 Å². The van der Waals surface area contributed by atoms with E-state index in [4.69, 9.17) is 15.8 Å². The normalized spacial score (nSPS) is 13.2. The third-order valence-corrected chi connectivity index (χ3v) is 6.11. The number of hydrogen-bond donors (Lipinski definition) is 4. The maximum absolute atomic E-state index is 14.6. The van der Waals surface area contributed by atoms with E-state index in [-0.39, 0.29) is 30.0 Å². The second kappa shape index (κ2) is 12.7. The predicted octanol–water partition coefficient (Wildman–Crippen LogP) is 3.86. The van der Waals surface area contributed by atoms with Gasteiger partial charge in [0.25, 0.3) is 0 Å². The summed E-state index contributed by atoms with van der Waals surface area (Å²) in [5.41, 5.74) is 7.08. The summed E-state index contributed by atoms with van der Waals surface area (Å²) < 4.78 is 30.5. The fourth-order valence-electron chi connectivity index (χ4n) is 4.11. The molecule has 1 amide bonds. The maximum atomic E-state index is 14.6. The molecule has 0 aliphatic rings. The molecule has 2 aromatic carbocycles. The molecule has 2 atom stereocenters. The van der Waals surface area contributed by atoms with Gasteiger partial charge in [-0.05, 0) is 42.1 Å². The molecule has 0 saturated carbocycles. The first-order chi connectivity index (χ1) is 18.0. The Balaban J connectivity index is 1.86. The van der Waals surface area contributed by atoms with Gasteiger partial charge in [0.1, 0.15) is 17.5 Å². The number of nitrogens with one attached hydrogen (secondary N) is 2. The Bertz CT molecular complexity index is 1240. The van der Waals surface area contributed by atoms with E-state index in [2.05, 4.69) is 10.6 Å². The molecular formula is C28H35F2N5O3. The van der Waals surface area contributed by atoms with Crippen molar-refractivity contribution < 1.29 is 23.5 Å². The largest absolute Gasteiger partial charge is 0.481 e. The Labute approximate surface area is 221 Å². The van der Waals surface area contributed by atoms with E-state index in [9.17, 15) is 18.4 Å². The van der Waals surface area contributed by atoms with Gasteiger partial charge in [-0.25, -0.2) is 13.8 Å². The van der Waals surface area contributed by atoms with Gasteiger partial charge in [0, 0.05) is 24.8 Å². The lowest BCUT2D eigenvalue weighted by Gasteiger charge is -2.32. The molecule has 0 aliphatic carbocycles. The van der Waals surface area contributed by atoms with Crippen molar-refractivity contribution in [3.8, 4) is 11.3 Å². The highest BCUT2D eigenvalue weighted by Gasteiger charge is 2.31. The molecule has 3 aromatic rings. The summed E-state index contributed by atoms with van der Waals surface area (Å²) in [6.07, 6.45) is 1.85.